The molecule has 1 unspecified atom stereocenters. The first-order valence-corrected chi connectivity index (χ1v) is 8.02. The average molecular weight is 330 g/mol. The summed E-state index contributed by atoms with van der Waals surface area (Å²) in [6, 6.07) is 3.15. The summed E-state index contributed by atoms with van der Waals surface area (Å²) in [5, 5.41) is 3.59. The third-order valence-electron chi connectivity index (χ3n) is 3.95. The van der Waals surface area contributed by atoms with Crippen molar-refractivity contribution in [2.45, 2.75) is 26.2 Å². The van der Waals surface area contributed by atoms with Crippen molar-refractivity contribution in [1.29, 1.82) is 0 Å². The highest BCUT2D eigenvalue weighted by atomic mass is 35.5. The number of nitrogen functional groups attached to an aromatic ring is 1. The van der Waals surface area contributed by atoms with Gasteiger partial charge in [-0.25, -0.2) is 0 Å². The number of hydrogen-bond donors (Lipinski definition) is 2. The summed E-state index contributed by atoms with van der Waals surface area (Å²) in [6.45, 7) is 5.16. The van der Waals surface area contributed by atoms with Crippen LogP contribution in [0.1, 0.15) is 26.2 Å². The summed E-state index contributed by atoms with van der Waals surface area (Å²) in [5.41, 5.74) is 6.66. The first-order chi connectivity index (χ1) is 9.99. The van der Waals surface area contributed by atoms with Gasteiger partial charge in [-0.15, -0.1) is 0 Å². The Morgan fingerprint density at radius 3 is 2.86 bits per heavy atom. The standard InChI is InChI=1S/C15H21Cl2N3O/c1-2-10-3-5-20(9-10)6-4-14(21)19-15-12(17)7-11(16)8-13(15)18/h7-8,10H,2-6,9,18H2,1H3,(H,19,21). The van der Waals surface area contributed by atoms with Crippen LogP contribution in [0, 0.1) is 5.92 Å². The van der Waals surface area contributed by atoms with Gasteiger partial charge in [0.2, 0.25) is 5.91 Å². The minimum Gasteiger partial charge on any atom is -0.397 e. The van der Waals surface area contributed by atoms with E-state index in [9.17, 15) is 4.79 Å². The van der Waals surface area contributed by atoms with Crippen LogP contribution in [-0.2, 0) is 4.79 Å². The van der Waals surface area contributed by atoms with E-state index in [2.05, 4.69) is 17.1 Å². The van der Waals surface area contributed by atoms with E-state index in [0.29, 0.717) is 27.8 Å². The zero-order valence-electron chi connectivity index (χ0n) is 12.2. The molecule has 6 heteroatoms. The molecule has 2 rings (SSSR count). The summed E-state index contributed by atoms with van der Waals surface area (Å²) >= 11 is 11.9. The van der Waals surface area contributed by atoms with Gasteiger partial charge in [0.05, 0.1) is 16.4 Å². The maximum atomic E-state index is 12.0. The van der Waals surface area contributed by atoms with Crippen LogP contribution in [0.5, 0.6) is 0 Å². The summed E-state index contributed by atoms with van der Waals surface area (Å²) < 4.78 is 0. The SMILES string of the molecule is CCC1CCN(CCC(=O)Nc2c(N)cc(Cl)cc2Cl)C1. The minimum atomic E-state index is -0.0779. The van der Waals surface area contributed by atoms with Crippen molar-refractivity contribution in [1.82, 2.24) is 4.90 Å². The highest BCUT2D eigenvalue weighted by molar-refractivity contribution is 6.37. The van der Waals surface area contributed by atoms with Crippen LogP contribution >= 0.6 is 23.2 Å². The number of benzene rings is 1. The molecule has 0 aromatic heterocycles. The predicted molar refractivity (Wildman–Crippen MR) is 89.0 cm³/mol. The van der Waals surface area contributed by atoms with Gasteiger partial charge in [0.15, 0.2) is 0 Å². The van der Waals surface area contributed by atoms with Crippen LogP contribution in [0.2, 0.25) is 10.0 Å². The van der Waals surface area contributed by atoms with Gasteiger partial charge in [0.1, 0.15) is 0 Å². The van der Waals surface area contributed by atoms with Crippen molar-refractivity contribution >= 4 is 40.5 Å². The number of nitrogens with zero attached hydrogens (tertiary/aromatic N) is 1. The summed E-state index contributed by atoms with van der Waals surface area (Å²) in [5.74, 6) is 0.695. The highest BCUT2D eigenvalue weighted by Gasteiger charge is 2.21. The zero-order valence-corrected chi connectivity index (χ0v) is 13.7. The number of nitrogens with one attached hydrogen (secondary N) is 1. The van der Waals surface area contributed by atoms with Crippen LogP contribution in [0.15, 0.2) is 12.1 Å². The van der Waals surface area contributed by atoms with Gasteiger partial charge >= 0.3 is 0 Å². The number of anilines is 2. The molecule has 4 nitrogen and oxygen atoms in total. The molecule has 0 aliphatic carbocycles. The Morgan fingerprint density at radius 2 is 2.24 bits per heavy atom. The molecule has 1 aromatic carbocycles. The molecule has 1 aromatic rings. The Kier molecular flexibility index (Phi) is 5.73. The molecule has 116 valence electrons. The van der Waals surface area contributed by atoms with Crippen LogP contribution in [0.3, 0.4) is 0 Å². The van der Waals surface area contributed by atoms with E-state index in [0.717, 1.165) is 25.6 Å². The zero-order chi connectivity index (χ0) is 15.4. The molecular formula is C15H21Cl2N3O. The fraction of sp³-hybridized carbons (Fsp3) is 0.533. The van der Waals surface area contributed by atoms with E-state index < -0.39 is 0 Å². The van der Waals surface area contributed by atoms with Crippen molar-refractivity contribution in [2.75, 3.05) is 30.7 Å². The Labute approximate surface area is 135 Å². The summed E-state index contributed by atoms with van der Waals surface area (Å²) in [6.07, 6.45) is 2.88. The molecule has 21 heavy (non-hydrogen) atoms. The van der Waals surface area contributed by atoms with Crippen molar-refractivity contribution in [3.05, 3.63) is 22.2 Å². The maximum Gasteiger partial charge on any atom is 0.225 e. The Bertz CT molecular complexity index is 499. The third-order valence-corrected chi connectivity index (χ3v) is 4.47. The molecule has 1 saturated heterocycles. The fourth-order valence-corrected chi connectivity index (χ4v) is 3.19. The quantitative estimate of drug-likeness (QED) is 0.811. The van der Waals surface area contributed by atoms with E-state index in [1.807, 2.05) is 0 Å². The third kappa shape index (κ3) is 4.50. The molecule has 1 amide bonds. The molecule has 1 aliphatic heterocycles. The van der Waals surface area contributed by atoms with Crippen LogP contribution in [-0.4, -0.2) is 30.4 Å². The number of carbonyl (C=O) groups excluding carboxylic acids is 1. The second kappa shape index (κ2) is 7.34. The molecule has 0 radical (unpaired) electrons. The van der Waals surface area contributed by atoms with Crippen LogP contribution in [0.25, 0.3) is 0 Å². The number of amides is 1. The number of likely N-dealkylation sites (tertiary alicyclic amines) is 1. The first kappa shape index (κ1) is 16.4. The lowest BCUT2D eigenvalue weighted by Crippen LogP contribution is -2.26. The van der Waals surface area contributed by atoms with Crippen LogP contribution in [0.4, 0.5) is 11.4 Å². The van der Waals surface area contributed by atoms with E-state index in [1.54, 1.807) is 12.1 Å². The number of nitrogens with two attached hydrogens (primary N) is 1. The molecule has 1 atom stereocenters. The molecule has 1 heterocycles. The second-order valence-corrected chi connectivity index (χ2v) is 6.36. The van der Waals surface area contributed by atoms with Gasteiger partial charge in [-0.3, -0.25) is 4.79 Å². The van der Waals surface area contributed by atoms with Crippen molar-refractivity contribution in [3.63, 3.8) is 0 Å². The summed E-state index contributed by atoms with van der Waals surface area (Å²) in [4.78, 5) is 14.4. The number of carbonyl (C=O) groups is 1. The lowest BCUT2D eigenvalue weighted by Gasteiger charge is -2.16. The van der Waals surface area contributed by atoms with Crippen molar-refractivity contribution < 1.29 is 4.79 Å². The van der Waals surface area contributed by atoms with Crippen LogP contribution < -0.4 is 11.1 Å². The number of halogens is 2. The van der Waals surface area contributed by atoms with E-state index in [4.69, 9.17) is 28.9 Å². The highest BCUT2D eigenvalue weighted by Crippen LogP contribution is 2.32. The number of hydrogen-bond acceptors (Lipinski definition) is 3. The van der Waals surface area contributed by atoms with E-state index in [-0.39, 0.29) is 5.91 Å². The molecule has 1 fully saturated rings. The predicted octanol–water partition coefficient (Wildman–Crippen LogP) is 3.64. The lowest BCUT2D eigenvalue weighted by molar-refractivity contribution is -0.116. The molecule has 3 N–H and O–H groups in total. The van der Waals surface area contributed by atoms with Gasteiger partial charge < -0.3 is 16.0 Å². The molecule has 0 bridgehead atoms. The molecule has 0 spiro atoms. The van der Waals surface area contributed by atoms with E-state index in [1.165, 1.54) is 12.8 Å². The largest absolute Gasteiger partial charge is 0.397 e. The Morgan fingerprint density at radius 1 is 1.48 bits per heavy atom. The Balaban J connectivity index is 1.85. The normalized spacial score (nSPS) is 18.9. The topological polar surface area (TPSA) is 58.4 Å². The van der Waals surface area contributed by atoms with Crippen molar-refractivity contribution in [2.24, 2.45) is 5.92 Å². The average Bonchev–Trinajstić information content (AvgIpc) is 2.88. The molecule has 1 aliphatic rings. The minimum absolute atomic E-state index is 0.0779. The smallest absolute Gasteiger partial charge is 0.225 e. The molecule has 0 saturated carbocycles. The Hall–Kier alpha value is -0.970. The second-order valence-electron chi connectivity index (χ2n) is 5.51. The maximum absolute atomic E-state index is 12.0. The van der Waals surface area contributed by atoms with Gasteiger partial charge in [0.25, 0.3) is 0 Å². The van der Waals surface area contributed by atoms with Crippen molar-refractivity contribution in [3.8, 4) is 0 Å². The lowest BCUT2D eigenvalue weighted by atomic mass is 10.1. The monoisotopic (exact) mass is 329 g/mol. The van der Waals surface area contributed by atoms with Gasteiger partial charge in [0, 0.05) is 24.5 Å². The summed E-state index contributed by atoms with van der Waals surface area (Å²) in [7, 11) is 0. The van der Waals surface area contributed by atoms with Gasteiger partial charge in [-0.2, -0.15) is 0 Å². The van der Waals surface area contributed by atoms with E-state index >= 15 is 0 Å². The first-order valence-electron chi connectivity index (χ1n) is 7.26. The fourth-order valence-electron chi connectivity index (χ4n) is 2.64. The number of rotatable bonds is 5. The van der Waals surface area contributed by atoms with Gasteiger partial charge in [-0.1, -0.05) is 36.5 Å². The van der Waals surface area contributed by atoms with Gasteiger partial charge in [-0.05, 0) is 31.0 Å². The molecular weight excluding hydrogens is 309 g/mol.